The number of hydrogen-bond acceptors (Lipinski definition) is 4. The topological polar surface area (TPSA) is 47.0 Å². The van der Waals surface area contributed by atoms with Crippen molar-refractivity contribution in [3.8, 4) is 17.0 Å². The Morgan fingerprint density at radius 2 is 2.05 bits per heavy atom. The molecule has 0 bridgehead atoms. The van der Waals surface area contributed by atoms with E-state index in [1.54, 1.807) is 7.11 Å². The molecule has 2 heterocycles. The average molecular weight is 297 g/mol. The molecular formula is C18H23N3O. The molecule has 22 heavy (non-hydrogen) atoms. The quantitative estimate of drug-likeness (QED) is 0.941. The monoisotopic (exact) mass is 297 g/mol. The predicted molar refractivity (Wildman–Crippen MR) is 88.0 cm³/mol. The highest BCUT2D eigenvalue weighted by Crippen LogP contribution is 2.30. The third-order valence-corrected chi connectivity index (χ3v) is 4.54. The van der Waals surface area contributed by atoms with Gasteiger partial charge in [-0.15, -0.1) is 0 Å². The van der Waals surface area contributed by atoms with Crippen LogP contribution in [0.1, 0.15) is 31.5 Å². The summed E-state index contributed by atoms with van der Waals surface area (Å²) in [6, 6.07) is 9.99. The third kappa shape index (κ3) is 3.12. The van der Waals surface area contributed by atoms with Crippen LogP contribution in [0.3, 0.4) is 0 Å². The Hall–Kier alpha value is -1.94. The second kappa shape index (κ2) is 6.88. The minimum absolute atomic E-state index is 0.414. The fraction of sp³-hybridized carbons (Fsp3) is 0.444. The number of benzene rings is 1. The highest BCUT2D eigenvalue weighted by Gasteiger charge is 2.27. The zero-order valence-electron chi connectivity index (χ0n) is 13.2. The lowest BCUT2D eigenvalue weighted by atomic mass is 9.84. The van der Waals surface area contributed by atoms with Crippen molar-refractivity contribution in [2.24, 2.45) is 5.92 Å². The first-order valence-electron chi connectivity index (χ1n) is 8.00. The summed E-state index contributed by atoms with van der Waals surface area (Å²) in [5.74, 6) is 2.91. The Kier molecular flexibility index (Phi) is 4.68. The zero-order chi connectivity index (χ0) is 15.4. The Labute approximate surface area is 132 Å². The molecule has 1 N–H and O–H groups in total. The van der Waals surface area contributed by atoms with Crippen molar-refractivity contribution in [2.45, 2.75) is 25.7 Å². The molecule has 3 rings (SSSR count). The summed E-state index contributed by atoms with van der Waals surface area (Å²) in [4.78, 5) is 9.37. The minimum Gasteiger partial charge on any atom is -0.497 e. The van der Waals surface area contributed by atoms with Gasteiger partial charge in [0.15, 0.2) is 0 Å². The number of ether oxygens (including phenoxy) is 1. The van der Waals surface area contributed by atoms with Crippen LogP contribution in [0.5, 0.6) is 5.75 Å². The van der Waals surface area contributed by atoms with Crippen LogP contribution in [0.15, 0.2) is 36.5 Å². The summed E-state index contributed by atoms with van der Waals surface area (Å²) >= 11 is 0. The molecule has 1 fully saturated rings. The summed E-state index contributed by atoms with van der Waals surface area (Å²) in [6.45, 7) is 4.34. The number of rotatable bonds is 4. The fourth-order valence-electron chi connectivity index (χ4n) is 3.18. The van der Waals surface area contributed by atoms with Crippen molar-refractivity contribution in [2.75, 3.05) is 20.2 Å². The molecule has 0 aliphatic carbocycles. The van der Waals surface area contributed by atoms with Crippen molar-refractivity contribution >= 4 is 0 Å². The van der Waals surface area contributed by atoms with Crippen molar-refractivity contribution in [3.05, 3.63) is 42.4 Å². The van der Waals surface area contributed by atoms with Gasteiger partial charge in [-0.05, 0) is 49.2 Å². The van der Waals surface area contributed by atoms with E-state index in [0.29, 0.717) is 11.8 Å². The number of piperidine rings is 1. The molecule has 4 nitrogen and oxygen atoms in total. The molecule has 2 atom stereocenters. The van der Waals surface area contributed by atoms with Crippen LogP contribution in [-0.2, 0) is 0 Å². The summed E-state index contributed by atoms with van der Waals surface area (Å²) in [7, 11) is 1.68. The second-order valence-corrected chi connectivity index (χ2v) is 5.80. The zero-order valence-corrected chi connectivity index (χ0v) is 13.2. The van der Waals surface area contributed by atoms with Gasteiger partial charge in [0.25, 0.3) is 0 Å². The highest BCUT2D eigenvalue weighted by atomic mass is 16.5. The van der Waals surface area contributed by atoms with Gasteiger partial charge in [-0.1, -0.05) is 13.3 Å². The molecule has 0 saturated carbocycles. The van der Waals surface area contributed by atoms with Crippen molar-refractivity contribution in [1.29, 1.82) is 0 Å². The number of nitrogens with one attached hydrogen (secondary N) is 1. The first kappa shape index (κ1) is 15.0. The van der Waals surface area contributed by atoms with Crippen molar-refractivity contribution in [1.82, 2.24) is 15.3 Å². The van der Waals surface area contributed by atoms with Crippen molar-refractivity contribution in [3.63, 3.8) is 0 Å². The third-order valence-electron chi connectivity index (χ3n) is 4.54. The van der Waals surface area contributed by atoms with E-state index in [9.17, 15) is 0 Å². The van der Waals surface area contributed by atoms with E-state index < -0.39 is 0 Å². The number of hydrogen-bond donors (Lipinski definition) is 1. The van der Waals surface area contributed by atoms with E-state index in [4.69, 9.17) is 9.72 Å². The molecule has 1 aromatic carbocycles. The number of nitrogens with zero attached hydrogens (tertiary/aromatic N) is 2. The van der Waals surface area contributed by atoms with E-state index in [1.807, 2.05) is 36.5 Å². The van der Waals surface area contributed by atoms with Gasteiger partial charge in [-0.3, -0.25) is 0 Å². The van der Waals surface area contributed by atoms with Gasteiger partial charge in [0.05, 0.1) is 12.8 Å². The number of aromatic nitrogens is 2. The van der Waals surface area contributed by atoms with Gasteiger partial charge >= 0.3 is 0 Å². The van der Waals surface area contributed by atoms with Crippen molar-refractivity contribution < 1.29 is 4.74 Å². The van der Waals surface area contributed by atoms with Crippen LogP contribution in [0.4, 0.5) is 0 Å². The molecule has 4 heteroatoms. The Morgan fingerprint density at radius 3 is 2.77 bits per heavy atom. The summed E-state index contributed by atoms with van der Waals surface area (Å²) in [5, 5.41) is 3.48. The van der Waals surface area contributed by atoms with Crippen LogP contribution in [0, 0.1) is 5.92 Å². The molecule has 1 saturated heterocycles. The van der Waals surface area contributed by atoms with E-state index >= 15 is 0 Å². The van der Waals surface area contributed by atoms with E-state index in [2.05, 4.69) is 17.2 Å². The normalized spacial score (nSPS) is 21.5. The van der Waals surface area contributed by atoms with E-state index in [0.717, 1.165) is 35.9 Å². The average Bonchev–Trinajstić information content (AvgIpc) is 2.62. The first-order chi connectivity index (χ1) is 10.8. The van der Waals surface area contributed by atoms with Crippen LogP contribution >= 0.6 is 0 Å². The Balaban J connectivity index is 1.88. The first-order valence-corrected chi connectivity index (χ1v) is 8.00. The SMILES string of the molecule is CCC1CCNCC1c1nccc(-c2ccc(OC)cc2)n1. The van der Waals surface area contributed by atoms with E-state index in [1.165, 1.54) is 12.8 Å². The standard InChI is InChI=1S/C18H23N3O/c1-3-13-8-10-19-12-16(13)18-20-11-9-17(21-18)14-4-6-15(22-2)7-5-14/h4-7,9,11,13,16,19H,3,8,10,12H2,1-2H3. The number of methoxy groups -OCH3 is 1. The van der Waals surface area contributed by atoms with Gasteiger partial charge in [0, 0.05) is 24.2 Å². The van der Waals surface area contributed by atoms with Gasteiger partial charge in [-0.2, -0.15) is 0 Å². The fourth-order valence-corrected chi connectivity index (χ4v) is 3.18. The maximum atomic E-state index is 5.21. The van der Waals surface area contributed by atoms with Crippen LogP contribution < -0.4 is 10.1 Å². The molecule has 2 unspecified atom stereocenters. The highest BCUT2D eigenvalue weighted by molar-refractivity contribution is 5.59. The van der Waals surface area contributed by atoms with Gasteiger partial charge in [0.1, 0.15) is 11.6 Å². The molecule has 2 aromatic rings. The van der Waals surface area contributed by atoms with Crippen LogP contribution in [0.2, 0.25) is 0 Å². The molecular weight excluding hydrogens is 274 g/mol. The Bertz CT molecular complexity index is 612. The Morgan fingerprint density at radius 1 is 1.23 bits per heavy atom. The lowest BCUT2D eigenvalue weighted by Gasteiger charge is -2.30. The second-order valence-electron chi connectivity index (χ2n) is 5.80. The molecule has 1 aliphatic rings. The van der Waals surface area contributed by atoms with Gasteiger partial charge in [-0.25, -0.2) is 9.97 Å². The molecule has 116 valence electrons. The van der Waals surface area contributed by atoms with Crippen LogP contribution in [0.25, 0.3) is 11.3 Å². The molecule has 0 spiro atoms. The van der Waals surface area contributed by atoms with E-state index in [-0.39, 0.29) is 0 Å². The largest absolute Gasteiger partial charge is 0.497 e. The predicted octanol–water partition coefficient (Wildman–Crippen LogP) is 3.26. The maximum Gasteiger partial charge on any atom is 0.133 e. The summed E-state index contributed by atoms with van der Waals surface area (Å²) < 4.78 is 5.21. The lowest BCUT2D eigenvalue weighted by Crippen LogP contribution is -2.35. The van der Waals surface area contributed by atoms with Crippen LogP contribution in [-0.4, -0.2) is 30.2 Å². The lowest BCUT2D eigenvalue weighted by molar-refractivity contribution is 0.306. The summed E-state index contributed by atoms with van der Waals surface area (Å²) in [6.07, 6.45) is 4.27. The van der Waals surface area contributed by atoms with Gasteiger partial charge < -0.3 is 10.1 Å². The molecule has 0 radical (unpaired) electrons. The maximum absolute atomic E-state index is 5.21. The summed E-state index contributed by atoms with van der Waals surface area (Å²) in [5.41, 5.74) is 2.08. The smallest absolute Gasteiger partial charge is 0.133 e. The van der Waals surface area contributed by atoms with Gasteiger partial charge in [0.2, 0.25) is 0 Å². The molecule has 0 amide bonds. The minimum atomic E-state index is 0.414. The molecule has 1 aliphatic heterocycles. The molecule has 1 aromatic heterocycles.